The average molecular weight is 574 g/mol. The van der Waals surface area contributed by atoms with Gasteiger partial charge in [-0.3, -0.25) is 14.4 Å². The highest BCUT2D eigenvalue weighted by molar-refractivity contribution is 7.13. The third-order valence-electron chi connectivity index (χ3n) is 7.44. The zero-order valence-electron chi connectivity index (χ0n) is 21.2. The molecule has 1 aromatic heterocycles. The van der Waals surface area contributed by atoms with Crippen molar-refractivity contribution >= 4 is 56.6 Å². The number of carbonyl (C=O) groups is 3. The van der Waals surface area contributed by atoms with Gasteiger partial charge in [0.2, 0.25) is 5.78 Å². The summed E-state index contributed by atoms with van der Waals surface area (Å²) in [6.07, 6.45) is 2.32. The molecule has 2 aliphatic rings. The molecule has 0 spiro atoms. The maximum Gasteiger partial charge on any atom is 0.330 e. The summed E-state index contributed by atoms with van der Waals surface area (Å²) in [6.45, 7) is 0.813. The molecule has 1 saturated heterocycles. The summed E-state index contributed by atoms with van der Waals surface area (Å²) in [7, 11) is 0. The Labute approximate surface area is 234 Å². The molecule has 2 aromatic carbocycles. The maximum absolute atomic E-state index is 16.4. The summed E-state index contributed by atoms with van der Waals surface area (Å²) >= 11 is 7.68. The van der Waals surface area contributed by atoms with E-state index in [1.54, 1.807) is 12.1 Å². The summed E-state index contributed by atoms with van der Waals surface area (Å²) in [5, 5.41) is 13.0. The number of nitrogens with one attached hydrogen (secondary N) is 1. The van der Waals surface area contributed by atoms with E-state index in [2.05, 4.69) is 9.69 Å². The lowest BCUT2D eigenvalue weighted by Crippen LogP contribution is -2.54. The number of fused-ring (bicyclic) bond motifs is 1. The van der Waals surface area contributed by atoms with E-state index in [4.69, 9.17) is 16.3 Å². The number of ketones is 1. The molecule has 5 rings (SSSR count). The van der Waals surface area contributed by atoms with Crippen molar-refractivity contribution in [1.82, 2.24) is 9.27 Å². The van der Waals surface area contributed by atoms with Gasteiger partial charge < -0.3 is 15.2 Å². The van der Waals surface area contributed by atoms with Gasteiger partial charge in [-0.1, -0.05) is 35.9 Å². The molecular weight excluding hydrogens is 545 g/mol. The third-order valence-corrected chi connectivity index (χ3v) is 8.58. The van der Waals surface area contributed by atoms with Crippen molar-refractivity contribution in [3.05, 3.63) is 58.7 Å². The zero-order chi connectivity index (χ0) is 27.6. The number of likely N-dealkylation sites (tertiary alicyclic amines) is 1. The van der Waals surface area contributed by atoms with Crippen LogP contribution in [-0.4, -0.2) is 57.2 Å². The lowest BCUT2D eigenvalue weighted by Gasteiger charge is -2.37. The molecule has 1 aliphatic carbocycles. The predicted molar refractivity (Wildman–Crippen MR) is 147 cm³/mol. The van der Waals surface area contributed by atoms with Gasteiger partial charge in [-0.2, -0.15) is 8.76 Å². The van der Waals surface area contributed by atoms with E-state index in [9.17, 15) is 19.5 Å². The Morgan fingerprint density at radius 3 is 2.54 bits per heavy atom. The molecule has 0 radical (unpaired) electrons. The van der Waals surface area contributed by atoms with E-state index < -0.39 is 35.7 Å². The second-order valence-corrected chi connectivity index (χ2v) is 11.3. The van der Waals surface area contributed by atoms with Crippen LogP contribution in [0.5, 0.6) is 0 Å². The number of Topliss-reactive ketones (excluding diaryl/α,β-unsaturated/α-hetero) is 1. The lowest BCUT2D eigenvalue weighted by atomic mass is 9.87. The summed E-state index contributed by atoms with van der Waals surface area (Å²) in [5.74, 6) is -5.04. The summed E-state index contributed by atoms with van der Waals surface area (Å²) < 4.78 is 27.4. The van der Waals surface area contributed by atoms with Crippen LogP contribution in [0.2, 0.25) is 5.02 Å². The number of amides is 1. The number of benzene rings is 2. The van der Waals surface area contributed by atoms with Crippen LogP contribution in [0.25, 0.3) is 10.1 Å². The molecule has 2 fully saturated rings. The molecule has 1 unspecified atom stereocenters. The fourth-order valence-corrected chi connectivity index (χ4v) is 6.29. The Bertz CT molecular complexity index is 1390. The second-order valence-electron chi connectivity index (χ2n) is 10.1. The zero-order valence-corrected chi connectivity index (χ0v) is 22.8. The van der Waals surface area contributed by atoms with Gasteiger partial charge in [0.25, 0.3) is 5.91 Å². The number of carboxylic acid groups (broad SMARTS) is 1. The molecule has 39 heavy (non-hydrogen) atoms. The van der Waals surface area contributed by atoms with E-state index in [-0.39, 0.29) is 11.4 Å². The Morgan fingerprint density at radius 1 is 1.13 bits per heavy atom. The Kier molecular flexibility index (Phi) is 8.27. The van der Waals surface area contributed by atoms with Crippen LogP contribution in [0.15, 0.2) is 42.5 Å². The van der Waals surface area contributed by atoms with Crippen LogP contribution in [0.3, 0.4) is 0 Å². The normalized spacial score (nSPS) is 21.5. The Hall–Kier alpha value is -2.92. The van der Waals surface area contributed by atoms with Gasteiger partial charge in [0.1, 0.15) is 5.69 Å². The number of carbonyl (C=O) groups excluding carboxylic acids is 2. The highest BCUT2D eigenvalue weighted by atomic mass is 35.5. The van der Waals surface area contributed by atoms with E-state index in [1.165, 1.54) is 22.5 Å². The number of aliphatic carboxylic acids is 1. The number of carboxylic acids is 1. The van der Waals surface area contributed by atoms with Crippen molar-refractivity contribution in [2.24, 2.45) is 5.92 Å². The first-order valence-corrected chi connectivity index (χ1v) is 14.2. The lowest BCUT2D eigenvalue weighted by molar-refractivity contribution is -0.252. The minimum Gasteiger partial charge on any atom is -0.481 e. The summed E-state index contributed by atoms with van der Waals surface area (Å²) in [5.41, 5.74) is 1.14. The standard InChI is InChI=1S/C28H29ClFN3O5S/c29-21-15-17(7-12-22(21)31-26(35)25-20-5-1-2-6-23(20)39-32-25)16-24(34)28(30,33-13-3-4-14-33)38-19-10-8-18(9-11-19)27(36)37/h1-2,5-7,12,15,18-19H,3-4,8-11,13-14,16H2,(H,31,35)(H,36,37). The molecule has 206 valence electrons. The fourth-order valence-electron chi connectivity index (χ4n) is 5.27. The van der Waals surface area contributed by atoms with E-state index >= 15 is 4.39 Å². The SMILES string of the molecule is O=C(Nc1ccc(CC(=O)C(F)(OC2CCC(C(=O)O)CC2)N2CCCC2)cc1Cl)c1nsc2ccccc12. The quantitative estimate of drug-likeness (QED) is 0.316. The van der Waals surface area contributed by atoms with Gasteiger partial charge in [0.05, 0.1) is 27.4 Å². The van der Waals surface area contributed by atoms with Gasteiger partial charge in [0.15, 0.2) is 0 Å². The second kappa shape index (κ2) is 11.7. The third kappa shape index (κ3) is 5.99. The van der Waals surface area contributed by atoms with Crippen LogP contribution in [0.4, 0.5) is 10.1 Å². The number of nitrogens with zero attached hydrogens (tertiary/aromatic N) is 2. The molecule has 3 aromatic rings. The minimum atomic E-state index is -2.59. The number of anilines is 1. The van der Waals surface area contributed by atoms with Gasteiger partial charge in [-0.25, -0.2) is 4.90 Å². The topological polar surface area (TPSA) is 109 Å². The van der Waals surface area contributed by atoms with Gasteiger partial charge in [-0.15, -0.1) is 0 Å². The largest absolute Gasteiger partial charge is 0.481 e. The first-order chi connectivity index (χ1) is 18.7. The van der Waals surface area contributed by atoms with Crippen molar-refractivity contribution in [1.29, 1.82) is 0 Å². The number of ether oxygens (including phenoxy) is 1. The van der Waals surface area contributed by atoms with Crippen molar-refractivity contribution < 1.29 is 28.6 Å². The molecule has 1 atom stereocenters. The van der Waals surface area contributed by atoms with Crippen LogP contribution in [0.1, 0.15) is 54.6 Å². The first kappa shape index (κ1) is 27.6. The molecular formula is C28H29ClFN3O5S. The number of halogens is 2. The van der Waals surface area contributed by atoms with Gasteiger partial charge in [0, 0.05) is 24.9 Å². The van der Waals surface area contributed by atoms with E-state index in [1.807, 2.05) is 24.3 Å². The summed E-state index contributed by atoms with van der Waals surface area (Å²) in [6, 6.07) is 12.2. The van der Waals surface area contributed by atoms with Crippen molar-refractivity contribution in [2.75, 3.05) is 18.4 Å². The minimum absolute atomic E-state index is 0.215. The van der Waals surface area contributed by atoms with Crippen LogP contribution in [-0.2, 0) is 20.7 Å². The van der Waals surface area contributed by atoms with Crippen molar-refractivity contribution in [3.63, 3.8) is 0 Å². The highest BCUT2D eigenvalue weighted by Gasteiger charge is 2.48. The molecule has 2 heterocycles. The van der Waals surface area contributed by atoms with Crippen LogP contribution in [0, 0.1) is 5.92 Å². The molecule has 1 saturated carbocycles. The fraction of sp³-hybridized carbons (Fsp3) is 0.429. The highest BCUT2D eigenvalue weighted by Crippen LogP contribution is 2.35. The predicted octanol–water partition coefficient (Wildman–Crippen LogP) is 5.69. The average Bonchev–Trinajstić information content (AvgIpc) is 3.61. The molecule has 8 nitrogen and oxygen atoms in total. The van der Waals surface area contributed by atoms with Crippen LogP contribution < -0.4 is 5.32 Å². The maximum atomic E-state index is 16.4. The molecule has 0 bridgehead atoms. The van der Waals surface area contributed by atoms with E-state index in [0.717, 1.165) is 22.9 Å². The van der Waals surface area contributed by atoms with Crippen molar-refractivity contribution in [2.45, 2.75) is 57.0 Å². The monoisotopic (exact) mass is 573 g/mol. The number of aromatic nitrogens is 1. The molecule has 1 amide bonds. The number of alkyl halides is 1. The Balaban J connectivity index is 1.27. The first-order valence-electron chi connectivity index (χ1n) is 13.1. The van der Waals surface area contributed by atoms with Crippen molar-refractivity contribution in [3.8, 4) is 0 Å². The molecule has 11 heteroatoms. The van der Waals surface area contributed by atoms with E-state index in [0.29, 0.717) is 55.7 Å². The summed E-state index contributed by atoms with van der Waals surface area (Å²) in [4.78, 5) is 38.9. The smallest absolute Gasteiger partial charge is 0.330 e. The van der Waals surface area contributed by atoms with Gasteiger partial charge >= 0.3 is 11.9 Å². The Morgan fingerprint density at radius 2 is 1.85 bits per heavy atom. The molecule has 1 aliphatic heterocycles. The molecule has 2 N–H and O–H groups in total. The number of rotatable bonds is 9. The van der Waals surface area contributed by atoms with Gasteiger partial charge in [-0.05, 0) is 73.8 Å². The number of hydrogen-bond donors (Lipinski definition) is 2. The number of hydrogen-bond acceptors (Lipinski definition) is 7. The van der Waals surface area contributed by atoms with Crippen LogP contribution >= 0.6 is 23.1 Å².